The molecule has 26 heavy (non-hydrogen) atoms. The molecule has 0 spiro atoms. The Morgan fingerprint density at radius 3 is 2.58 bits per heavy atom. The zero-order chi connectivity index (χ0) is 18.4. The number of benzene rings is 2. The molecule has 1 heterocycles. The van der Waals surface area contributed by atoms with Crippen molar-refractivity contribution in [3.63, 3.8) is 0 Å². The molecule has 2 aromatic carbocycles. The Balaban J connectivity index is 1.87. The molecule has 0 N–H and O–H groups in total. The highest BCUT2D eigenvalue weighted by Gasteiger charge is 2.21. The molecule has 0 saturated heterocycles. The van der Waals surface area contributed by atoms with Gasteiger partial charge >= 0.3 is 0 Å². The first kappa shape index (κ1) is 18.2. The zero-order valence-corrected chi connectivity index (χ0v) is 15.2. The van der Waals surface area contributed by atoms with Gasteiger partial charge in [-0.1, -0.05) is 30.3 Å². The lowest BCUT2D eigenvalue weighted by atomic mass is 10.2. The number of nitrogens with zero attached hydrogens (tertiary/aromatic N) is 2. The van der Waals surface area contributed by atoms with Gasteiger partial charge in [-0.2, -0.15) is 0 Å². The van der Waals surface area contributed by atoms with Crippen LogP contribution in [0.25, 0.3) is 11.3 Å². The summed E-state index contributed by atoms with van der Waals surface area (Å²) in [6.07, 6.45) is 0.684. The van der Waals surface area contributed by atoms with E-state index in [1.54, 1.807) is 12.0 Å². The van der Waals surface area contributed by atoms with Crippen LogP contribution >= 0.6 is 11.3 Å². The molecule has 0 bridgehead atoms. The SMILES string of the molecule is COCCCN(C(=O)c1ccc(F)cc1)c1nc(-c2ccccc2)cs1. The van der Waals surface area contributed by atoms with Crippen LogP contribution in [-0.2, 0) is 4.74 Å². The summed E-state index contributed by atoms with van der Waals surface area (Å²) >= 11 is 1.42. The Morgan fingerprint density at radius 2 is 1.88 bits per heavy atom. The largest absolute Gasteiger partial charge is 0.385 e. The van der Waals surface area contributed by atoms with Crippen molar-refractivity contribution >= 4 is 22.4 Å². The summed E-state index contributed by atoms with van der Waals surface area (Å²) in [5, 5.41) is 2.56. The van der Waals surface area contributed by atoms with Gasteiger partial charge in [0, 0.05) is 36.8 Å². The number of carbonyl (C=O) groups excluding carboxylic acids is 1. The monoisotopic (exact) mass is 370 g/mol. The molecular formula is C20H19FN2O2S. The van der Waals surface area contributed by atoms with Crippen LogP contribution in [0.2, 0.25) is 0 Å². The van der Waals surface area contributed by atoms with Crippen molar-refractivity contribution in [3.05, 3.63) is 71.4 Å². The molecule has 0 aliphatic carbocycles. The predicted octanol–water partition coefficient (Wildman–Crippen LogP) is 4.63. The van der Waals surface area contributed by atoms with Gasteiger partial charge in [0.2, 0.25) is 0 Å². The van der Waals surface area contributed by atoms with Gasteiger partial charge in [0.25, 0.3) is 5.91 Å². The number of methoxy groups -OCH3 is 1. The molecule has 0 aliphatic heterocycles. The smallest absolute Gasteiger partial charge is 0.260 e. The van der Waals surface area contributed by atoms with E-state index >= 15 is 0 Å². The summed E-state index contributed by atoms with van der Waals surface area (Å²) in [7, 11) is 1.63. The predicted molar refractivity (Wildman–Crippen MR) is 102 cm³/mol. The highest BCUT2D eigenvalue weighted by Crippen LogP contribution is 2.28. The molecular weight excluding hydrogens is 351 g/mol. The fourth-order valence-electron chi connectivity index (χ4n) is 2.53. The Morgan fingerprint density at radius 1 is 1.15 bits per heavy atom. The summed E-state index contributed by atoms with van der Waals surface area (Å²) in [4.78, 5) is 19.2. The van der Waals surface area contributed by atoms with E-state index in [0.29, 0.717) is 30.3 Å². The first-order valence-electron chi connectivity index (χ1n) is 8.26. The second kappa shape index (κ2) is 8.69. The summed E-state index contributed by atoms with van der Waals surface area (Å²) in [6, 6.07) is 15.4. The first-order chi connectivity index (χ1) is 12.7. The third kappa shape index (κ3) is 4.33. The lowest BCUT2D eigenvalue weighted by Gasteiger charge is -2.20. The van der Waals surface area contributed by atoms with E-state index in [1.807, 2.05) is 35.7 Å². The van der Waals surface area contributed by atoms with E-state index in [1.165, 1.54) is 35.6 Å². The van der Waals surface area contributed by atoms with E-state index in [2.05, 4.69) is 4.98 Å². The van der Waals surface area contributed by atoms with Crippen molar-refractivity contribution in [1.29, 1.82) is 0 Å². The first-order valence-corrected chi connectivity index (χ1v) is 9.14. The van der Waals surface area contributed by atoms with Gasteiger partial charge in [0.15, 0.2) is 5.13 Å². The van der Waals surface area contributed by atoms with Gasteiger partial charge in [-0.3, -0.25) is 9.69 Å². The number of halogens is 1. The molecule has 3 aromatic rings. The Kier molecular flexibility index (Phi) is 6.09. The van der Waals surface area contributed by atoms with Crippen LogP contribution in [0, 0.1) is 5.82 Å². The number of amides is 1. The van der Waals surface area contributed by atoms with Gasteiger partial charge in [0.05, 0.1) is 5.69 Å². The Bertz CT molecular complexity index is 850. The minimum atomic E-state index is -0.368. The molecule has 1 aromatic heterocycles. The second-order valence-electron chi connectivity index (χ2n) is 5.69. The highest BCUT2D eigenvalue weighted by molar-refractivity contribution is 7.14. The van der Waals surface area contributed by atoms with Gasteiger partial charge < -0.3 is 4.74 Å². The minimum Gasteiger partial charge on any atom is -0.385 e. The van der Waals surface area contributed by atoms with Gasteiger partial charge in [-0.15, -0.1) is 11.3 Å². The topological polar surface area (TPSA) is 42.4 Å². The third-order valence-corrected chi connectivity index (χ3v) is 4.72. The number of anilines is 1. The summed E-state index contributed by atoms with van der Waals surface area (Å²) in [5.41, 5.74) is 2.26. The van der Waals surface area contributed by atoms with Crippen molar-refractivity contribution < 1.29 is 13.9 Å². The average Bonchev–Trinajstić information content (AvgIpc) is 3.16. The van der Waals surface area contributed by atoms with Crippen molar-refractivity contribution in [2.45, 2.75) is 6.42 Å². The fraction of sp³-hybridized carbons (Fsp3) is 0.200. The van der Waals surface area contributed by atoms with Crippen LogP contribution < -0.4 is 4.90 Å². The number of hydrogen-bond acceptors (Lipinski definition) is 4. The average molecular weight is 370 g/mol. The summed E-state index contributed by atoms with van der Waals surface area (Å²) in [6.45, 7) is 1.02. The van der Waals surface area contributed by atoms with Crippen molar-refractivity contribution in [2.24, 2.45) is 0 Å². The van der Waals surface area contributed by atoms with Gasteiger partial charge in [0.1, 0.15) is 5.82 Å². The minimum absolute atomic E-state index is 0.199. The number of ether oxygens (including phenoxy) is 1. The number of aromatic nitrogens is 1. The van der Waals surface area contributed by atoms with E-state index in [9.17, 15) is 9.18 Å². The lowest BCUT2D eigenvalue weighted by molar-refractivity contribution is 0.0983. The molecule has 1 amide bonds. The number of carbonyl (C=O) groups is 1. The van der Waals surface area contributed by atoms with Crippen molar-refractivity contribution in [3.8, 4) is 11.3 Å². The van der Waals surface area contributed by atoms with E-state index < -0.39 is 0 Å². The number of rotatable bonds is 7. The number of hydrogen-bond donors (Lipinski definition) is 0. The molecule has 4 nitrogen and oxygen atoms in total. The van der Waals surface area contributed by atoms with Crippen LogP contribution in [0.3, 0.4) is 0 Å². The van der Waals surface area contributed by atoms with E-state index in [4.69, 9.17) is 4.74 Å². The van der Waals surface area contributed by atoms with Crippen molar-refractivity contribution in [2.75, 3.05) is 25.2 Å². The van der Waals surface area contributed by atoms with Gasteiger partial charge in [-0.05, 0) is 30.7 Å². The fourth-order valence-corrected chi connectivity index (χ4v) is 3.39. The van der Waals surface area contributed by atoms with E-state index in [0.717, 1.165) is 11.3 Å². The van der Waals surface area contributed by atoms with Crippen molar-refractivity contribution in [1.82, 2.24) is 4.98 Å². The second-order valence-corrected chi connectivity index (χ2v) is 6.53. The molecule has 134 valence electrons. The van der Waals surface area contributed by atoms with Crippen LogP contribution in [0.4, 0.5) is 9.52 Å². The molecule has 6 heteroatoms. The maximum atomic E-state index is 13.2. The van der Waals surface area contributed by atoms with Gasteiger partial charge in [-0.25, -0.2) is 9.37 Å². The molecule has 0 unspecified atom stereocenters. The standard InChI is InChI=1S/C20H19FN2O2S/c1-25-13-5-12-23(19(24)16-8-10-17(21)11-9-16)20-22-18(14-26-20)15-6-3-2-4-7-15/h2-4,6-11,14H,5,12-13H2,1H3. The maximum absolute atomic E-state index is 13.2. The Hall–Kier alpha value is -2.57. The van der Waals surface area contributed by atoms with E-state index in [-0.39, 0.29) is 11.7 Å². The number of thiazole rings is 1. The maximum Gasteiger partial charge on any atom is 0.260 e. The van der Waals surface area contributed by atoms with Crippen LogP contribution in [0.5, 0.6) is 0 Å². The summed E-state index contributed by atoms with van der Waals surface area (Å²) < 4.78 is 18.3. The molecule has 0 atom stereocenters. The highest BCUT2D eigenvalue weighted by atomic mass is 32.1. The summed E-state index contributed by atoms with van der Waals surface area (Å²) in [5.74, 6) is -0.567. The lowest BCUT2D eigenvalue weighted by Crippen LogP contribution is -2.32. The molecule has 0 radical (unpaired) electrons. The van der Waals surface area contributed by atoms with Crippen LogP contribution in [0.1, 0.15) is 16.8 Å². The normalized spacial score (nSPS) is 10.7. The molecule has 0 saturated carbocycles. The third-order valence-electron chi connectivity index (χ3n) is 3.86. The zero-order valence-electron chi connectivity index (χ0n) is 14.4. The molecule has 0 aliphatic rings. The van der Waals surface area contributed by atoms with Crippen LogP contribution in [-0.4, -0.2) is 31.2 Å². The van der Waals surface area contributed by atoms with Crippen LogP contribution in [0.15, 0.2) is 60.0 Å². The molecule has 3 rings (SSSR count). The molecule has 0 fully saturated rings. The Labute approximate surface area is 155 Å². The quantitative estimate of drug-likeness (QED) is 0.569.